The van der Waals surface area contributed by atoms with Crippen LogP contribution >= 0.6 is 15.9 Å². The van der Waals surface area contributed by atoms with Crippen molar-refractivity contribution in [1.82, 2.24) is 29.5 Å². The molecule has 0 saturated carbocycles. The molecule has 5 atom stereocenters. The van der Waals surface area contributed by atoms with Crippen LogP contribution in [0, 0.1) is 35.7 Å². The summed E-state index contributed by atoms with van der Waals surface area (Å²) in [7, 11) is 0. The van der Waals surface area contributed by atoms with Gasteiger partial charge in [-0.3, -0.25) is 4.68 Å². The molecule has 1 fully saturated rings. The number of nitrogens with zero attached hydrogens (tertiary/aromatic N) is 7. The van der Waals surface area contributed by atoms with E-state index in [0.29, 0.717) is 16.0 Å². The summed E-state index contributed by atoms with van der Waals surface area (Å²) in [6.07, 6.45) is -1.46. The zero-order chi connectivity index (χ0) is 28.0. The summed E-state index contributed by atoms with van der Waals surface area (Å²) in [6.45, 7) is 0.985. The van der Waals surface area contributed by atoms with Crippen LogP contribution in [0.3, 0.4) is 0 Å². The van der Waals surface area contributed by atoms with Crippen molar-refractivity contribution in [3.8, 4) is 22.9 Å². The van der Waals surface area contributed by atoms with Gasteiger partial charge in [-0.25, -0.2) is 27.8 Å². The maximum Gasteiger partial charge on any atom is 0.194 e. The molecule has 0 aliphatic carbocycles. The van der Waals surface area contributed by atoms with Crippen molar-refractivity contribution in [3.63, 3.8) is 0 Å². The third kappa shape index (κ3) is 4.81. The molecule has 1 aliphatic heterocycles. The molecule has 202 valence electrons. The molecule has 11 nitrogen and oxygen atoms in total. The molecule has 4 aromatic rings. The van der Waals surface area contributed by atoms with Gasteiger partial charge in [0.15, 0.2) is 29.0 Å². The number of hydrogen-bond acceptors (Lipinski definition) is 9. The van der Waals surface area contributed by atoms with Crippen molar-refractivity contribution >= 4 is 15.9 Å². The molecule has 1 aliphatic rings. The van der Waals surface area contributed by atoms with Gasteiger partial charge in [0.25, 0.3) is 0 Å². The summed E-state index contributed by atoms with van der Waals surface area (Å²) in [5.41, 5.74) is 0.698. The van der Waals surface area contributed by atoms with E-state index >= 15 is 0 Å². The topological polar surface area (TPSA) is 155 Å². The molecular formula is C24H19BrF3N7O4. The Kier molecular flexibility index (Phi) is 7.23. The second-order valence-electron chi connectivity index (χ2n) is 8.78. The Balaban J connectivity index is 1.54. The number of benzene rings is 1. The Morgan fingerprint density at radius 1 is 1.10 bits per heavy atom. The molecule has 0 bridgehead atoms. The highest BCUT2D eigenvalue weighted by Gasteiger charge is 2.48. The molecule has 0 amide bonds. The SMILES string of the molecule is Cc1nc([C@@H]2OC(CO)[C@H](O)[C@H](n3cc(-c4cc(F)c(F)c(F)c4)cn3)C2O)n(-c2cnc(C#N)c(Br)c2)n1. The van der Waals surface area contributed by atoms with Gasteiger partial charge in [-0.15, -0.1) is 0 Å². The fourth-order valence-corrected chi connectivity index (χ4v) is 4.86. The van der Waals surface area contributed by atoms with E-state index in [1.54, 1.807) is 13.0 Å². The first-order valence-electron chi connectivity index (χ1n) is 11.4. The zero-order valence-electron chi connectivity index (χ0n) is 20.0. The number of halogens is 4. The van der Waals surface area contributed by atoms with Crippen LogP contribution in [0.1, 0.15) is 29.5 Å². The van der Waals surface area contributed by atoms with Gasteiger partial charge >= 0.3 is 0 Å². The molecule has 3 aromatic heterocycles. The number of nitriles is 1. The average Bonchev–Trinajstić information content (AvgIpc) is 3.54. The molecule has 3 N–H and O–H groups in total. The van der Waals surface area contributed by atoms with Crippen LogP contribution in [0.5, 0.6) is 0 Å². The van der Waals surface area contributed by atoms with E-state index in [1.165, 1.54) is 28.0 Å². The number of rotatable bonds is 5. The van der Waals surface area contributed by atoms with Crippen LogP contribution in [0.25, 0.3) is 16.8 Å². The molecule has 5 rings (SSSR count). The maximum absolute atomic E-state index is 13.8. The van der Waals surface area contributed by atoms with Crippen LogP contribution in [0.4, 0.5) is 13.2 Å². The first kappa shape index (κ1) is 26.9. The standard InChI is InChI=1S/C24H19BrF3N7O4/c1-10-32-24(35(33-10)13-4-14(25)17(5-29)30-7-13)23-22(38)20(21(37)18(9-36)39-23)34-8-12(6-31-34)11-2-15(26)19(28)16(27)3-11/h2-4,6-8,18,20-23,36-38H,9H2,1H3/t18?,20-,21-,22?,23+/m0/s1. The average molecular weight is 606 g/mol. The third-order valence-electron chi connectivity index (χ3n) is 6.29. The van der Waals surface area contributed by atoms with E-state index in [2.05, 4.69) is 36.1 Å². The minimum Gasteiger partial charge on any atom is -0.394 e. The van der Waals surface area contributed by atoms with Crippen LogP contribution in [-0.2, 0) is 4.74 Å². The van der Waals surface area contributed by atoms with Crippen LogP contribution in [-0.4, -0.2) is 69.8 Å². The fourth-order valence-electron chi connectivity index (χ4n) is 4.43. The molecule has 39 heavy (non-hydrogen) atoms. The minimum atomic E-state index is -1.61. The van der Waals surface area contributed by atoms with E-state index < -0.39 is 54.5 Å². The quantitative estimate of drug-likeness (QED) is 0.290. The van der Waals surface area contributed by atoms with Gasteiger partial charge in [-0.2, -0.15) is 15.5 Å². The number of aromatic nitrogens is 6. The lowest BCUT2D eigenvalue weighted by Gasteiger charge is -2.41. The lowest BCUT2D eigenvalue weighted by molar-refractivity contribution is -0.210. The Labute approximate surface area is 226 Å². The Hall–Kier alpha value is -3.68. The molecule has 15 heteroatoms. The van der Waals surface area contributed by atoms with E-state index in [4.69, 9.17) is 10.00 Å². The summed E-state index contributed by atoms with van der Waals surface area (Å²) in [5, 5.41) is 49.9. The zero-order valence-corrected chi connectivity index (χ0v) is 21.5. The highest BCUT2D eigenvalue weighted by molar-refractivity contribution is 9.10. The predicted octanol–water partition coefficient (Wildman–Crippen LogP) is 2.28. The number of aliphatic hydroxyl groups excluding tert-OH is 3. The van der Waals surface area contributed by atoms with Gasteiger partial charge in [0, 0.05) is 11.8 Å². The molecule has 0 radical (unpaired) electrons. The van der Waals surface area contributed by atoms with Crippen molar-refractivity contribution in [2.75, 3.05) is 6.61 Å². The lowest BCUT2D eigenvalue weighted by Crippen LogP contribution is -2.53. The second-order valence-corrected chi connectivity index (χ2v) is 9.63. The smallest absolute Gasteiger partial charge is 0.194 e. The number of ether oxygens (including phenoxy) is 1. The van der Waals surface area contributed by atoms with Crippen molar-refractivity contribution in [1.29, 1.82) is 5.26 Å². The summed E-state index contributed by atoms with van der Waals surface area (Å²) in [6, 6.07) is 3.90. The second kappa shape index (κ2) is 10.5. The van der Waals surface area contributed by atoms with Crippen molar-refractivity contribution < 1.29 is 33.2 Å². The van der Waals surface area contributed by atoms with Crippen molar-refractivity contribution in [2.24, 2.45) is 0 Å². The molecule has 4 heterocycles. The van der Waals surface area contributed by atoms with E-state index in [-0.39, 0.29) is 22.6 Å². The molecular weight excluding hydrogens is 587 g/mol. The number of hydrogen-bond donors (Lipinski definition) is 3. The Morgan fingerprint density at radius 3 is 2.46 bits per heavy atom. The first-order chi connectivity index (χ1) is 18.6. The van der Waals surface area contributed by atoms with Crippen LogP contribution < -0.4 is 0 Å². The van der Waals surface area contributed by atoms with E-state index in [0.717, 1.165) is 12.1 Å². The third-order valence-corrected chi connectivity index (χ3v) is 6.89. The van der Waals surface area contributed by atoms with Gasteiger partial charge in [-0.05, 0) is 46.6 Å². The largest absolute Gasteiger partial charge is 0.394 e. The summed E-state index contributed by atoms with van der Waals surface area (Å²) < 4.78 is 49.8. The Morgan fingerprint density at radius 2 is 1.82 bits per heavy atom. The van der Waals surface area contributed by atoms with Crippen LogP contribution in [0.2, 0.25) is 0 Å². The first-order valence-corrected chi connectivity index (χ1v) is 12.2. The fraction of sp³-hybridized carbons (Fsp3) is 0.292. The van der Waals surface area contributed by atoms with Gasteiger partial charge < -0.3 is 20.1 Å². The normalized spacial score (nSPS) is 23.1. The maximum atomic E-state index is 13.8. The van der Waals surface area contributed by atoms with Gasteiger partial charge in [-0.1, -0.05) is 0 Å². The van der Waals surface area contributed by atoms with Gasteiger partial charge in [0.05, 0.1) is 29.2 Å². The molecule has 2 unspecified atom stereocenters. The van der Waals surface area contributed by atoms with E-state index in [9.17, 15) is 28.5 Å². The highest BCUT2D eigenvalue weighted by atomic mass is 79.9. The summed E-state index contributed by atoms with van der Waals surface area (Å²) in [5.74, 6) is -3.96. The van der Waals surface area contributed by atoms with Crippen molar-refractivity contribution in [2.45, 2.75) is 37.4 Å². The Bertz CT molecular complexity index is 1570. The summed E-state index contributed by atoms with van der Waals surface area (Å²) >= 11 is 3.27. The molecule has 0 spiro atoms. The number of pyridine rings is 1. The lowest BCUT2D eigenvalue weighted by atomic mass is 9.92. The highest BCUT2D eigenvalue weighted by Crippen LogP contribution is 2.39. The summed E-state index contributed by atoms with van der Waals surface area (Å²) in [4.78, 5) is 8.45. The van der Waals surface area contributed by atoms with Crippen LogP contribution in [0.15, 0.2) is 41.3 Å². The molecule has 1 aromatic carbocycles. The monoisotopic (exact) mass is 605 g/mol. The van der Waals surface area contributed by atoms with Gasteiger partial charge in [0.2, 0.25) is 0 Å². The van der Waals surface area contributed by atoms with Gasteiger partial charge in [0.1, 0.15) is 42.4 Å². The predicted molar refractivity (Wildman–Crippen MR) is 130 cm³/mol. The number of aliphatic hydroxyl groups is 3. The number of aryl methyl sites for hydroxylation is 1. The van der Waals surface area contributed by atoms with E-state index in [1.807, 2.05) is 6.07 Å². The minimum absolute atomic E-state index is 0.0155. The van der Waals surface area contributed by atoms with Crippen molar-refractivity contribution in [3.05, 3.63) is 76.1 Å². The molecule has 1 saturated heterocycles.